The van der Waals surface area contributed by atoms with Gasteiger partial charge in [-0.2, -0.15) is 0 Å². The Morgan fingerprint density at radius 2 is 1.86 bits per heavy atom. The van der Waals surface area contributed by atoms with Gasteiger partial charge in [0.15, 0.2) is 0 Å². The summed E-state index contributed by atoms with van der Waals surface area (Å²) in [5, 5.41) is 10.8. The Balaban J connectivity index is 1.83. The maximum absolute atomic E-state index is 11.8. The zero-order valence-corrected chi connectivity index (χ0v) is 13.5. The van der Waals surface area contributed by atoms with E-state index in [-0.39, 0.29) is 24.1 Å². The summed E-state index contributed by atoms with van der Waals surface area (Å²) in [5.41, 5.74) is -0.667. The number of β-amino-alcohol motifs (C(OH)–C–C–N with tert-alkyl or cyclic N) is 1. The summed E-state index contributed by atoms with van der Waals surface area (Å²) in [5.74, 6) is -0.138. The van der Waals surface area contributed by atoms with Gasteiger partial charge in [0.05, 0.1) is 30.3 Å². The smallest absolute Gasteiger partial charge is 0.308 e. The molecule has 1 aliphatic carbocycles. The number of nitrogens with zero attached hydrogens (tertiary/aromatic N) is 1. The molecule has 21 heavy (non-hydrogen) atoms. The molecule has 1 saturated heterocycles. The van der Waals surface area contributed by atoms with E-state index in [1.54, 1.807) is 0 Å². The van der Waals surface area contributed by atoms with Crippen molar-refractivity contribution in [2.75, 3.05) is 26.2 Å². The molecule has 2 aliphatic rings. The number of carbonyl (C=O) groups is 1. The first-order chi connectivity index (χ1) is 9.92. The second-order valence-electron chi connectivity index (χ2n) is 6.70. The lowest BCUT2D eigenvalue weighted by molar-refractivity contribution is -0.152. The summed E-state index contributed by atoms with van der Waals surface area (Å²) in [6.07, 6.45) is 3.24. The summed E-state index contributed by atoms with van der Waals surface area (Å²) in [6, 6.07) is 0. The number of ether oxygens (including phenoxy) is 2. The highest BCUT2D eigenvalue weighted by Gasteiger charge is 2.38. The Morgan fingerprint density at radius 3 is 2.38 bits per heavy atom. The van der Waals surface area contributed by atoms with E-state index < -0.39 is 5.60 Å². The van der Waals surface area contributed by atoms with E-state index in [0.717, 1.165) is 25.9 Å². The zero-order chi connectivity index (χ0) is 15.5. The van der Waals surface area contributed by atoms with Crippen LogP contribution in [0.25, 0.3) is 0 Å². The van der Waals surface area contributed by atoms with Crippen molar-refractivity contribution in [2.24, 2.45) is 5.92 Å². The van der Waals surface area contributed by atoms with Crippen molar-refractivity contribution in [1.29, 1.82) is 0 Å². The van der Waals surface area contributed by atoms with Crippen molar-refractivity contribution in [3.63, 3.8) is 0 Å². The molecule has 0 aromatic heterocycles. The summed E-state index contributed by atoms with van der Waals surface area (Å²) in [7, 11) is 0. The van der Waals surface area contributed by atoms with Crippen LogP contribution < -0.4 is 0 Å². The molecule has 1 aliphatic heterocycles. The Labute approximate surface area is 127 Å². The van der Waals surface area contributed by atoms with E-state index >= 15 is 0 Å². The van der Waals surface area contributed by atoms with Gasteiger partial charge < -0.3 is 14.6 Å². The van der Waals surface area contributed by atoms with E-state index in [9.17, 15) is 9.90 Å². The minimum absolute atomic E-state index is 0.0345. The zero-order valence-electron chi connectivity index (χ0n) is 13.5. The van der Waals surface area contributed by atoms with Gasteiger partial charge in [-0.25, -0.2) is 0 Å². The van der Waals surface area contributed by atoms with Crippen LogP contribution in [-0.2, 0) is 14.3 Å². The Hall–Kier alpha value is -0.650. The number of morpholine rings is 1. The molecule has 0 aromatic rings. The molecule has 0 bridgehead atoms. The van der Waals surface area contributed by atoms with Crippen LogP contribution in [0.15, 0.2) is 0 Å². The van der Waals surface area contributed by atoms with Crippen LogP contribution in [0.5, 0.6) is 0 Å². The van der Waals surface area contributed by atoms with Gasteiger partial charge in [0.1, 0.15) is 0 Å². The van der Waals surface area contributed by atoms with E-state index in [0.29, 0.717) is 26.0 Å². The Bertz CT molecular complexity index is 342. The van der Waals surface area contributed by atoms with Gasteiger partial charge >= 0.3 is 5.97 Å². The second kappa shape index (κ2) is 7.07. The maximum atomic E-state index is 11.8. The third-order valence-electron chi connectivity index (χ3n) is 4.55. The molecule has 2 atom stereocenters. The monoisotopic (exact) mass is 299 g/mol. The lowest BCUT2D eigenvalue weighted by Crippen LogP contribution is -2.53. The Kier molecular flexibility index (Phi) is 5.63. The SMILES string of the molecule is CCOC(=O)C1CCC(O)(CN2C[C@@H](C)O[C@@H](C)C2)CC1. The summed E-state index contributed by atoms with van der Waals surface area (Å²) >= 11 is 0. The van der Waals surface area contributed by atoms with Crippen molar-refractivity contribution < 1.29 is 19.4 Å². The second-order valence-corrected chi connectivity index (χ2v) is 6.70. The van der Waals surface area contributed by atoms with E-state index in [4.69, 9.17) is 9.47 Å². The average Bonchev–Trinajstić information content (AvgIpc) is 2.38. The normalized spacial score (nSPS) is 38.2. The highest BCUT2D eigenvalue weighted by Crippen LogP contribution is 2.34. The van der Waals surface area contributed by atoms with Crippen LogP contribution in [0.4, 0.5) is 0 Å². The lowest BCUT2D eigenvalue weighted by atomic mass is 9.78. The predicted molar refractivity (Wildman–Crippen MR) is 80.0 cm³/mol. The summed E-state index contributed by atoms with van der Waals surface area (Å²) < 4.78 is 10.8. The molecule has 0 amide bonds. The Morgan fingerprint density at radius 1 is 1.29 bits per heavy atom. The summed E-state index contributed by atoms with van der Waals surface area (Å²) in [6.45, 7) is 8.83. The van der Waals surface area contributed by atoms with E-state index in [1.165, 1.54) is 0 Å². The van der Waals surface area contributed by atoms with Crippen LogP contribution in [0.2, 0.25) is 0 Å². The lowest BCUT2D eigenvalue weighted by Gasteiger charge is -2.42. The molecule has 0 spiro atoms. The highest BCUT2D eigenvalue weighted by molar-refractivity contribution is 5.72. The van der Waals surface area contributed by atoms with Crippen molar-refractivity contribution in [3.05, 3.63) is 0 Å². The van der Waals surface area contributed by atoms with Crippen molar-refractivity contribution in [2.45, 2.75) is 64.3 Å². The van der Waals surface area contributed by atoms with Crippen molar-refractivity contribution in [1.82, 2.24) is 4.90 Å². The first-order valence-corrected chi connectivity index (χ1v) is 8.18. The topological polar surface area (TPSA) is 59.0 Å². The third-order valence-corrected chi connectivity index (χ3v) is 4.55. The van der Waals surface area contributed by atoms with Crippen LogP contribution in [0.1, 0.15) is 46.5 Å². The molecule has 5 nitrogen and oxygen atoms in total. The fourth-order valence-corrected chi connectivity index (χ4v) is 3.64. The molecule has 1 saturated carbocycles. The van der Waals surface area contributed by atoms with Gasteiger partial charge in [0.25, 0.3) is 0 Å². The van der Waals surface area contributed by atoms with Crippen LogP contribution >= 0.6 is 0 Å². The molecule has 2 rings (SSSR count). The quantitative estimate of drug-likeness (QED) is 0.799. The predicted octanol–water partition coefficient (Wildman–Crippen LogP) is 1.58. The minimum Gasteiger partial charge on any atom is -0.466 e. The fraction of sp³-hybridized carbons (Fsp3) is 0.938. The van der Waals surface area contributed by atoms with Gasteiger partial charge in [0.2, 0.25) is 0 Å². The van der Waals surface area contributed by atoms with Gasteiger partial charge in [-0.15, -0.1) is 0 Å². The molecule has 0 unspecified atom stereocenters. The van der Waals surface area contributed by atoms with Crippen LogP contribution in [0.3, 0.4) is 0 Å². The van der Waals surface area contributed by atoms with Crippen LogP contribution in [-0.4, -0.2) is 60.0 Å². The molecule has 0 radical (unpaired) electrons. The molecule has 0 aromatic carbocycles. The minimum atomic E-state index is -0.667. The van der Waals surface area contributed by atoms with Gasteiger partial charge in [-0.3, -0.25) is 9.69 Å². The molecule has 1 N–H and O–H groups in total. The highest BCUT2D eigenvalue weighted by atomic mass is 16.5. The van der Waals surface area contributed by atoms with Crippen LogP contribution in [0, 0.1) is 5.92 Å². The van der Waals surface area contributed by atoms with Crippen molar-refractivity contribution in [3.8, 4) is 0 Å². The van der Waals surface area contributed by atoms with Gasteiger partial charge in [0, 0.05) is 19.6 Å². The molecular weight excluding hydrogens is 270 g/mol. The molecule has 5 heteroatoms. The first-order valence-electron chi connectivity index (χ1n) is 8.18. The number of esters is 1. The number of aliphatic hydroxyl groups is 1. The molecule has 122 valence electrons. The number of hydrogen-bond acceptors (Lipinski definition) is 5. The molecule has 2 fully saturated rings. The largest absolute Gasteiger partial charge is 0.466 e. The first kappa shape index (κ1) is 16.7. The average molecular weight is 299 g/mol. The van der Waals surface area contributed by atoms with E-state index in [1.807, 2.05) is 6.92 Å². The maximum Gasteiger partial charge on any atom is 0.308 e. The fourth-order valence-electron chi connectivity index (χ4n) is 3.64. The number of rotatable bonds is 4. The molecular formula is C16H29NO4. The van der Waals surface area contributed by atoms with Gasteiger partial charge in [-0.05, 0) is 46.5 Å². The number of carbonyl (C=O) groups excluding carboxylic acids is 1. The van der Waals surface area contributed by atoms with Crippen molar-refractivity contribution >= 4 is 5.97 Å². The summed E-state index contributed by atoms with van der Waals surface area (Å²) in [4.78, 5) is 14.0. The van der Waals surface area contributed by atoms with E-state index in [2.05, 4.69) is 18.7 Å². The molecule has 1 heterocycles. The number of hydrogen-bond donors (Lipinski definition) is 1. The standard InChI is InChI=1S/C16H29NO4/c1-4-20-15(18)14-5-7-16(19,8-6-14)11-17-9-12(2)21-13(3)10-17/h12-14,19H,4-11H2,1-3H3/t12-,13+,14?,16?. The van der Waals surface area contributed by atoms with Gasteiger partial charge in [-0.1, -0.05) is 0 Å². The third kappa shape index (κ3) is 4.66.